The molecule has 0 aromatic heterocycles. The van der Waals surface area contributed by atoms with E-state index in [1.807, 2.05) is 44.2 Å². The van der Waals surface area contributed by atoms with Crippen LogP contribution in [0.1, 0.15) is 51.5 Å². The van der Waals surface area contributed by atoms with Crippen LogP contribution in [0, 0.1) is 5.92 Å². The van der Waals surface area contributed by atoms with Crippen molar-refractivity contribution < 1.29 is 19.4 Å². The molecule has 1 fully saturated rings. The predicted octanol–water partition coefficient (Wildman–Crippen LogP) is 2.79. The van der Waals surface area contributed by atoms with Crippen LogP contribution in [0.3, 0.4) is 0 Å². The van der Waals surface area contributed by atoms with Crippen LogP contribution in [0.4, 0.5) is 4.79 Å². The van der Waals surface area contributed by atoms with Gasteiger partial charge in [-0.05, 0) is 24.3 Å². The Labute approximate surface area is 161 Å². The number of amides is 2. The zero-order valence-electron chi connectivity index (χ0n) is 16.4. The van der Waals surface area contributed by atoms with Crippen LogP contribution in [-0.2, 0) is 16.0 Å². The van der Waals surface area contributed by atoms with Crippen molar-refractivity contribution in [1.82, 2.24) is 10.6 Å². The van der Waals surface area contributed by atoms with Gasteiger partial charge in [-0.1, -0.05) is 63.4 Å². The molecule has 0 bridgehead atoms. The van der Waals surface area contributed by atoms with Gasteiger partial charge in [0.1, 0.15) is 5.54 Å². The van der Waals surface area contributed by atoms with Gasteiger partial charge in [0.25, 0.3) is 0 Å². The maximum absolute atomic E-state index is 12.9. The molecule has 1 aliphatic carbocycles. The van der Waals surface area contributed by atoms with Crippen LogP contribution in [0.5, 0.6) is 0 Å². The van der Waals surface area contributed by atoms with E-state index in [0.29, 0.717) is 19.3 Å². The third-order valence-electron chi connectivity index (χ3n) is 5.27. The summed E-state index contributed by atoms with van der Waals surface area (Å²) in [7, 11) is 0. The molecule has 150 valence electrons. The molecular formula is C21H32N2O4. The van der Waals surface area contributed by atoms with Crippen molar-refractivity contribution in [3.63, 3.8) is 0 Å². The minimum atomic E-state index is -0.954. The molecule has 1 saturated carbocycles. The lowest BCUT2D eigenvalue weighted by molar-refractivity contribution is -0.130. The first-order valence-electron chi connectivity index (χ1n) is 9.87. The standard InChI is InChI=1S/C21H32N2O4/c1-16(2)18(15-24)22-19(25)21(12-7-4-8-13-21)23-20(26)27-14-11-17-9-5-3-6-10-17/h3,5-6,9-10,16,18,24H,4,7-8,11-15H2,1-2H3,(H,22,25)(H,23,26)/t18-/m1/s1. The summed E-state index contributed by atoms with van der Waals surface area (Å²) in [6.07, 6.45) is 4.05. The Balaban J connectivity index is 1.94. The van der Waals surface area contributed by atoms with E-state index in [1.165, 1.54) is 0 Å². The highest BCUT2D eigenvalue weighted by Gasteiger charge is 2.42. The number of benzene rings is 1. The second-order valence-electron chi connectivity index (χ2n) is 7.65. The topological polar surface area (TPSA) is 87.7 Å². The summed E-state index contributed by atoms with van der Waals surface area (Å²) in [4.78, 5) is 25.3. The third kappa shape index (κ3) is 6.24. The number of nitrogens with one attached hydrogen (secondary N) is 2. The molecule has 0 unspecified atom stereocenters. The van der Waals surface area contributed by atoms with Crippen LogP contribution in [0.2, 0.25) is 0 Å². The van der Waals surface area contributed by atoms with Crippen LogP contribution in [0.25, 0.3) is 0 Å². The van der Waals surface area contributed by atoms with Crippen LogP contribution < -0.4 is 10.6 Å². The number of rotatable bonds is 8. The van der Waals surface area contributed by atoms with E-state index >= 15 is 0 Å². The summed E-state index contributed by atoms with van der Waals surface area (Å²) in [6.45, 7) is 4.03. The minimum absolute atomic E-state index is 0.109. The molecule has 1 aromatic carbocycles. The van der Waals surface area contributed by atoms with E-state index in [4.69, 9.17) is 4.74 Å². The molecule has 1 aliphatic rings. The third-order valence-corrected chi connectivity index (χ3v) is 5.27. The Bertz CT molecular complexity index is 597. The summed E-state index contributed by atoms with van der Waals surface area (Å²) in [6, 6.07) is 9.48. The van der Waals surface area contributed by atoms with Crippen molar-refractivity contribution in [2.75, 3.05) is 13.2 Å². The molecule has 2 rings (SSSR count). The Morgan fingerprint density at radius 1 is 1.15 bits per heavy atom. The fourth-order valence-corrected chi connectivity index (χ4v) is 3.43. The first-order valence-corrected chi connectivity index (χ1v) is 9.87. The highest BCUT2D eigenvalue weighted by molar-refractivity contribution is 5.90. The van der Waals surface area contributed by atoms with Crippen LogP contribution >= 0.6 is 0 Å². The lowest BCUT2D eigenvalue weighted by Gasteiger charge is -2.37. The summed E-state index contributed by atoms with van der Waals surface area (Å²) < 4.78 is 5.32. The van der Waals surface area contributed by atoms with E-state index in [2.05, 4.69) is 10.6 Å². The Hall–Kier alpha value is -2.08. The number of hydrogen-bond acceptors (Lipinski definition) is 4. The van der Waals surface area contributed by atoms with Gasteiger partial charge in [-0.2, -0.15) is 0 Å². The molecule has 2 amide bonds. The summed E-state index contributed by atoms with van der Waals surface area (Å²) in [5, 5.41) is 15.2. The molecular weight excluding hydrogens is 344 g/mol. The molecule has 0 spiro atoms. The summed E-state index contributed by atoms with van der Waals surface area (Å²) >= 11 is 0. The van der Waals surface area contributed by atoms with Gasteiger partial charge in [-0.3, -0.25) is 4.79 Å². The van der Waals surface area contributed by atoms with Gasteiger partial charge in [0.2, 0.25) is 5.91 Å². The lowest BCUT2D eigenvalue weighted by atomic mass is 9.80. The molecule has 0 radical (unpaired) electrons. The first-order chi connectivity index (χ1) is 13.0. The molecule has 1 aromatic rings. The summed E-state index contributed by atoms with van der Waals surface area (Å²) in [5.74, 6) is -0.118. The van der Waals surface area contributed by atoms with Crippen molar-refractivity contribution in [3.8, 4) is 0 Å². The number of hydrogen-bond donors (Lipinski definition) is 3. The first kappa shape index (κ1) is 21.2. The van der Waals surface area contributed by atoms with Gasteiger partial charge in [0.15, 0.2) is 0 Å². The van der Waals surface area contributed by atoms with E-state index in [-0.39, 0.29) is 31.1 Å². The van der Waals surface area contributed by atoms with Crippen molar-refractivity contribution >= 4 is 12.0 Å². The van der Waals surface area contributed by atoms with Gasteiger partial charge >= 0.3 is 6.09 Å². The fraction of sp³-hybridized carbons (Fsp3) is 0.619. The van der Waals surface area contributed by atoms with E-state index in [9.17, 15) is 14.7 Å². The average Bonchev–Trinajstić information content (AvgIpc) is 2.67. The molecule has 0 heterocycles. The molecule has 1 atom stereocenters. The fourth-order valence-electron chi connectivity index (χ4n) is 3.43. The largest absolute Gasteiger partial charge is 0.449 e. The Morgan fingerprint density at radius 3 is 2.41 bits per heavy atom. The van der Waals surface area contributed by atoms with Crippen LogP contribution in [-0.4, -0.2) is 41.9 Å². The quantitative estimate of drug-likeness (QED) is 0.651. The predicted molar refractivity (Wildman–Crippen MR) is 104 cm³/mol. The number of carbonyl (C=O) groups is 2. The van der Waals surface area contributed by atoms with Gasteiger partial charge in [-0.25, -0.2) is 4.79 Å². The maximum Gasteiger partial charge on any atom is 0.408 e. The second kappa shape index (κ2) is 10.3. The number of ether oxygens (including phenoxy) is 1. The van der Waals surface area contributed by atoms with E-state index < -0.39 is 11.6 Å². The van der Waals surface area contributed by atoms with Gasteiger partial charge in [0, 0.05) is 6.42 Å². The van der Waals surface area contributed by atoms with Gasteiger partial charge in [0.05, 0.1) is 19.3 Å². The second-order valence-corrected chi connectivity index (χ2v) is 7.65. The Morgan fingerprint density at radius 2 is 1.81 bits per heavy atom. The molecule has 0 saturated heterocycles. The van der Waals surface area contributed by atoms with Crippen LogP contribution in [0.15, 0.2) is 30.3 Å². The van der Waals surface area contributed by atoms with E-state index in [0.717, 1.165) is 24.8 Å². The molecule has 6 heteroatoms. The van der Waals surface area contributed by atoms with Gasteiger partial charge in [-0.15, -0.1) is 0 Å². The highest BCUT2D eigenvalue weighted by Crippen LogP contribution is 2.29. The van der Waals surface area contributed by atoms with Crippen molar-refractivity contribution in [1.29, 1.82) is 0 Å². The van der Waals surface area contributed by atoms with E-state index in [1.54, 1.807) is 0 Å². The number of aliphatic hydroxyl groups excluding tert-OH is 1. The number of carbonyl (C=O) groups excluding carboxylic acids is 2. The zero-order valence-corrected chi connectivity index (χ0v) is 16.4. The van der Waals surface area contributed by atoms with Crippen molar-refractivity contribution in [2.45, 2.75) is 64.0 Å². The zero-order chi connectivity index (χ0) is 19.7. The monoisotopic (exact) mass is 376 g/mol. The average molecular weight is 376 g/mol. The smallest absolute Gasteiger partial charge is 0.408 e. The number of alkyl carbamates (subject to hydrolysis) is 1. The molecule has 0 aliphatic heterocycles. The van der Waals surface area contributed by atoms with Crippen molar-refractivity contribution in [2.24, 2.45) is 5.92 Å². The normalized spacial score (nSPS) is 17.2. The molecule has 3 N–H and O–H groups in total. The van der Waals surface area contributed by atoms with Crippen molar-refractivity contribution in [3.05, 3.63) is 35.9 Å². The highest BCUT2D eigenvalue weighted by atomic mass is 16.5. The Kier molecular flexibility index (Phi) is 8.10. The molecule has 27 heavy (non-hydrogen) atoms. The SMILES string of the molecule is CC(C)[C@@H](CO)NC(=O)C1(NC(=O)OCCc2ccccc2)CCCCC1. The molecule has 6 nitrogen and oxygen atoms in total. The lowest BCUT2D eigenvalue weighted by Crippen LogP contribution is -2.62. The number of aliphatic hydroxyl groups is 1. The van der Waals surface area contributed by atoms with Gasteiger partial charge < -0.3 is 20.5 Å². The summed E-state index contributed by atoms with van der Waals surface area (Å²) in [5.41, 5.74) is 0.142. The maximum atomic E-state index is 12.9. The minimum Gasteiger partial charge on any atom is -0.449 e.